The lowest BCUT2D eigenvalue weighted by Crippen LogP contribution is -2.45. The quantitative estimate of drug-likeness (QED) is 0.462. The summed E-state index contributed by atoms with van der Waals surface area (Å²) in [5, 5.41) is 27.9. The number of nitro benzene ring substituents is 1. The summed E-state index contributed by atoms with van der Waals surface area (Å²) in [5.41, 5.74) is 0.142. The molecule has 0 aromatic heterocycles. The first-order valence-electron chi connectivity index (χ1n) is 9.21. The van der Waals surface area contributed by atoms with Gasteiger partial charge in [-0.25, -0.2) is 9.59 Å². The van der Waals surface area contributed by atoms with Crippen molar-refractivity contribution < 1.29 is 24.4 Å². The van der Waals surface area contributed by atoms with Crippen molar-refractivity contribution in [2.75, 3.05) is 0 Å². The Bertz CT molecular complexity index is 850. The molecule has 1 aromatic carbocycles. The third-order valence-corrected chi connectivity index (χ3v) is 5.16. The van der Waals surface area contributed by atoms with E-state index >= 15 is 0 Å². The lowest BCUT2D eigenvalue weighted by atomic mass is 9.88. The van der Waals surface area contributed by atoms with Gasteiger partial charge in [-0.1, -0.05) is 25.5 Å². The van der Waals surface area contributed by atoms with Gasteiger partial charge in [0.2, 0.25) is 0 Å². The first-order chi connectivity index (χ1) is 13.3. The van der Waals surface area contributed by atoms with E-state index in [-0.39, 0.29) is 17.2 Å². The van der Waals surface area contributed by atoms with Crippen molar-refractivity contribution in [2.24, 2.45) is 5.92 Å². The highest BCUT2D eigenvalue weighted by molar-refractivity contribution is 5.95. The van der Waals surface area contributed by atoms with Crippen LogP contribution in [-0.2, 0) is 9.53 Å². The van der Waals surface area contributed by atoms with E-state index in [2.05, 4.69) is 17.6 Å². The van der Waals surface area contributed by atoms with Gasteiger partial charge in [0.1, 0.15) is 6.10 Å². The molecular weight excluding hydrogens is 366 g/mol. The Morgan fingerprint density at radius 1 is 1.32 bits per heavy atom. The molecule has 1 aliphatic carbocycles. The number of hydrogen-bond acceptors (Lipinski definition) is 6. The van der Waals surface area contributed by atoms with Crippen molar-refractivity contribution >= 4 is 17.7 Å². The molecule has 0 bridgehead atoms. The van der Waals surface area contributed by atoms with Crippen LogP contribution in [0.1, 0.15) is 51.1 Å². The number of nitro groups is 1. The predicted octanol–water partition coefficient (Wildman–Crippen LogP) is 2.42. The number of nitrogens with zero attached hydrogens (tertiary/aromatic N) is 1. The molecule has 0 radical (unpaired) electrons. The van der Waals surface area contributed by atoms with E-state index in [0.717, 1.165) is 37.8 Å². The number of hydrogen-bond donors (Lipinski definition) is 2. The predicted molar refractivity (Wildman–Crippen MR) is 97.2 cm³/mol. The van der Waals surface area contributed by atoms with Crippen LogP contribution in [0.15, 0.2) is 29.5 Å². The van der Waals surface area contributed by atoms with Crippen molar-refractivity contribution in [3.8, 4) is 5.75 Å². The van der Waals surface area contributed by atoms with Gasteiger partial charge in [0, 0.05) is 11.8 Å². The highest BCUT2D eigenvalue weighted by Crippen LogP contribution is 2.34. The normalized spacial score (nSPS) is 24.9. The Morgan fingerprint density at radius 3 is 2.75 bits per heavy atom. The van der Waals surface area contributed by atoms with E-state index in [1.54, 1.807) is 6.92 Å². The monoisotopic (exact) mass is 388 g/mol. The maximum atomic E-state index is 12.9. The number of esters is 1. The molecule has 9 nitrogen and oxygen atoms in total. The topological polar surface area (TPSA) is 134 Å². The molecule has 2 amide bonds. The number of carbonyl (C=O) groups excluding carboxylic acids is 2. The average Bonchev–Trinajstić information content (AvgIpc) is 2.61. The lowest BCUT2D eigenvalue weighted by molar-refractivity contribution is -0.398. The van der Waals surface area contributed by atoms with Crippen LogP contribution in [0.5, 0.6) is 5.75 Å². The molecule has 1 heterocycles. The number of amides is 2. The van der Waals surface area contributed by atoms with Crippen LogP contribution in [0.4, 0.5) is 10.5 Å². The van der Waals surface area contributed by atoms with Gasteiger partial charge in [-0.3, -0.25) is 10.1 Å². The smallest absolute Gasteiger partial charge is 0.338 e. The van der Waals surface area contributed by atoms with Crippen LogP contribution in [0.3, 0.4) is 0 Å². The van der Waals surface area contributed by atoms with Gasteiger partial charge >= 0.3 is 12.0 Å². The second-order valence-corrected chi connectivity index (χ2v) is 7.35. The summed E-state index contributed by atoms with van der Waals surface area (Å²) >= 11 is 0. The van der Waals surface area contributed by atoms with Crippen molar-refractivity contribution in [2.45, 2.75) is 51.7 Å². The Labute approximate surface area is 161 Å². The van der Waals surface area contributed by atoms with Gasteiger partial charge in [-0.05, 0) is 43.4 Å². The van der Waals surface area contributed by atoms with Crippen molar-refractivity contribution in [1.29, 1.82) is 0 Å². The van der Waals surface area contributed by atoms with Gasteiger partial charge in [0.15, 0.2) is 0 Å². The third kappa shape index (κ3) is 4.08. The van der Waals surface area contributed by atoms with Gasteiger partial charge in [0.25, 0.3) is 5.69 Å². The molecule has 0 saturated heterocycles. The molecule has 1 saturated carbocycles. The minimum Gasteiger partial charge on any atom is -0.868 e. The summed E-state index contributed by atoms with van der Waals surface area (Å²) in [7, 11) is 0. The van der Waals surface area contributed by atoms with Crippen molar-refractivity contribution in [1.82, 2.24) is 10.6 Å². The van der Waals surface area contributed by atoms with E-state index in [1.165, 1.54) is 6.07 Å². The first-order valence-corrected chi connectivity index (χ1v) is 9.21. The van der Waals surface area contributed by atoms with Gasteiger partial charge in [-0.15, -0.1) is 0 Å². The second kappa shape index (κ2) is 7.87. The summed E-state index contributed by atoms with van der Waals surface area (Å²) in [6.07, 6.45) is 3.43. The first kappa shape index (κ1) is 19.7. The Balaban J connectivity index is 1.91. The standard InChI is InChI=1S/C19H23N3O6/c1-10-4-3-5-13(8-10)28-18(24)16-11(2)20-19(25)21-17(16)12-6-7-15(23)14(9-12)22(26)27/h6-7,9-10,13,17,23H,3-5,8H2,1-2H3,(H2,20,21,25)/p-1/t10-,13+,17+/m1/s1. The summed E-state index contributed by atoms with van der Waals surface area (Å²) in [4.78, 5) is 35.1. The average molecular weight is 388 g/mol. The molecule has 2 N–H and O–H groups in total. The fourth-order valence-corrected chi connectivity index (χ4v) is 3.77. The zero-order valence-corrected chi connectivity index (χ0v) is 15.7. The second-order valence-electron chi connectivity index (χ2n) is 7.35. The molecule has 0 unspecified atom stereocenters. The minimum atomic E-state index is -0.943. The molecule has 1 aromatic rings. The SMILES string of the molecule is CC1=C(C(=O)O[C@H]2CCC[C@@H](C)C2)[C@H](c2ccc([O-])c([N+](=O)[O-])c2)NC(=O)N1. The van der Waals surface area contributed by atoms with E-state index in [0.29, 0.717) is 11.6 Å². The molecule has 9 heteroatoms. The van der Waals surface area contributed by atoms with E-state index in [9.17, 15) is 24.8 Å². The Kier molecular flexibility index (Phi) is 5.53. The molecule has 3 atom stereocenters. The van der Waals surface area contributed by atoms with Crippen molar-refractivity contribution in [3.05, 3.63) is 45.1 Å². The van der Waals surface area contributed by atoms with E-state index in [4.69, 9.17) is 4.74 Å². The molecular formula is C19H22N3O6-. The molecule has 1 aliphatic heterocycles. The van der Waals surface area contributed by atoms with Gasteiger partial charge < -0.3 is 20.5 Å². The van der Waals surface area contributed by atoms with Gasteiger partial charge in [-0.2, -0.15) is 0 Å². The summed E-state index contributed by atoms with van der Waals surface area (Å²) < 4.78 is 5.68. The number of ether oxygens (including phenoxy) is 1. The van der Waals surface area contributed by atoms with Gasteiger partial charge in [0.05, 0.1) is 16.5 Å². The zero-order valence-electron chi connectivity index (χ0n) is 15.7. The van der Waals surface area contributed by atoms with Crippen LogP contribution < -0.4 is 15.7 Å². The number of carbonyl (C=O) groups is 2. The van der Waals surface area contributed by atoms with E-state index < -0.39 is 34.4 Å². The molecule has 1 fully saturated rings. The zero-order chi connectivity index (χ0) is 20.4. The maximum Gasteiger partial charge on any atom is 0.338 e. The molecule has 0 spiro atoms. The molecule has 2 aliphatic rings. The minimum absolute atomic E-state index is 0.172. The molecule has 28 heavy (non-hydrogen) atoms. The largest absolute Gasteiger partial charge is 0.868 e. The van der Waals surface area contributed by atoms with E-state index in [1.807, 2.05) is 0 Å². The van der Waals surface area contributed by atoms with Crippen LogP contribution in [-0.4, -0.2) is 23.0 Å². The highest BCUT2D eigenvalue weighted by Gasteiger charge is 2.34. The van der Waals surface area contributed by atoms with Crippen LogP contribution in [0.25, 0.3) is 0 Å². The fourth-order valence-electron chi connectivity index (χ4n) is 3.77. The lowest BCUT2D eigenvalue weighted by Gasteiger charge is -2.31. The number of nitrogens with one attached hydrogen (secondary N) is 2. The number of allylic oxidation sites excluding steroid dienone is 1. The number of urea groups is 1. The Morgan fingerprint density at radius 2 is 2.07 bits per heavy atom. The molecule has 150 valence electrons. The maximum absolute atomic E-state index is 12.9. The summed E-state index contributed by atoms with van der Waals surface area (Å²) in [6, 6.07) is 2.03. The highest BCUT2D eigenvalue weighted by atomic mass is 16.6. The molecule has 3 rings (SSSR count). The summed E-state index contributed by atoms with van der Waals surface area (Å²) in [5.74, 6) is -0.855. The number of rotatable bonds is 4. The van der Waals surface area contributed by atoms with Crippen molar-refractivity contribution in [3.63, 3.8) is 0 Å². The Hall–Kier alpha value is -3.10. The summed E-state index contributed by atoms with van der Waals surface area (Å²) in [6.45, 7) is 3.68. The van der Waals surface area contributed by atoms with Crippen LogP contribution in [0, 0.1) is 16.0 Å². The fraction of sp³-hybridized carbons (Fsp3) is 0.474. The van der Waals surface area contributed by atoms with Crippen LogP contribution in [0.2, 0.25) is 0 Å². The van der Waals surface area contributed by atoms with Crippen LogP contribution >= 0.6 is 0 Å². The number of benzene rings is 1. The third-order valence-electron chi connectivity index (χ3n) is 5.16.